The van der Waals surface area contributed by atoms with Gasteiger partial charge in [0, 0.05) is 25.3 Å². The van der Waals surface area contributed by atoms with Gasteiger partial charge in [-0.3, -0.25) is 9.59 Å². The standard InChI is InChI=1S/C30H40N4O3/c35-29(32-19-27(30(36)37)26-13-3-8-21-7-1-2-12-25(21)26)23-10-5-17-34(20-23)18-6-11-24-15-14-22-9-4-16-31-28(22)33-24/h3,8,13-15,23,27H,1-2,4-7,9-12,16-20H2,(H,31,33)(H,32,35)(H,36,37)/t23-,27+/m1/s1. The topological polar surface area (TPSA) is 94.6 Å². The largest absolute Gasteiger partial charge is 0.481 e. The Morgan fingerprint density at radius 3 is 2.84 bits per heavy atom. The Morgan fingerprint density at radius 2 is 1.95 bits per heavy atom. The van der Waals surface area contributed by atoms with Gasteiger partial charge in [-0.1, -0.05) is 24.3 Å². The molecule has 0 bridgehead atoms. The van der Waals surface area contributed by atoms with Gasteiger partial charge in [-0.15, -0.1) is 0 Å². The van der Waals surface area contributed by atoms with Crippen LogP contribution in [0.1, 0.15) is 72.4 Å². The second kappa shape index (κ2) is 12.1. The number of pyridine rings is 1. The molecule has 37 heavy (non-hydrogen) atoms. The number of anilines is 1. The van der Waals surface area contributed by atoms with Gasteiger partial charge >= 0.3 is 5.97 Å². The van der Waals surface area contributed by atoms with Crippen molar-refractivity contribution < 1.29 is 14.7 Å². The zero-order chi connectivity index (χ0) is 25.6. The summed E-state index contributed by atoms with van der Waals surface area (Å²) in [6.45, 7) is 3.85. The van der Waals surface area contributed by atoms with Gasteiger partial charge in [-0.05, 0) is 106 Å². The molecule has 2 aliphatic heterocycles. The Morgan fingerprint density at radius 1 is 1.08 bits per heavy atom. The Hall–Kier alpha value is -2.93. The lowest BCUT2D eigenvalue weighted by molar-refractivity contribution is -0.138. The van der Waals surface area contributed by atoms with Crippen LogP contribution in [0.2, 0.25) is 0 Å². The van der Waals surface area contributed by atoms with Crippen molar-refractivity contribution >= 4 is 17.7 Å². The zero-order valence-electron chi connectivity index (χ0n) is 21.8. The SMILES string of the molecule is O=C(NC[C@H](C(=O)O)c1cccc2c1CCCC2)[C@@H]1CCCN(CCCc2ccc3c(n2)NCCC3)C1. The first-order valence-corrected chi connectivity index (χ1v) is 14.1. The summed E-state index contributed by atoms with van der Waals surface area (Å²) in [5.41, 5.74) is 5.77. The smallest absolute Gasteiger partial charge is 0.312 e. The Labute approximate surface area is 220 Å². The summed E-state index contributed by atoms with van der Waals surface area (Å²) in [4.78, 5) is 32.4. The molecule has 0 radical (unpaired) electrons. The van der Waals surface area contributed by atoms with E-state index in [9.17, 15) is 14.7 Å². The molecule has 7 heteroatoms. The molecule has 1 aromatic carbocycles. The monoisotopic (exact) mass is 504 g/mol. The molecule has 198 valence electrons. The highest BCUT2D eigenvalue weighted by Gasteiger charge is 2.29. The van der Waals surface area contributed by atoms with Gasteiger partial charge in [0.05, 0.1) is 11.8 Å². The molecule has 1 aliphatic carbocycles. The molecule has 1 aromatic heterocycles. The van der Waals surface area contributed by atoms with E-state index in [4.69, 9.17) is 4.98 Å². The van der Waals surface area contributed by atoms with Crippen molar-refractivity contribution in [2.75, 3.05) is 38.0 Å². The number of hydrogen-bond donors (Lipinski definition) is 3. The molecule has 5 rings (SSSR count). The summed E-state index contributed by atoms with van der Waals surface area (Å²) in [6.07, 6.45) is 10.3. The number of carboxylic acids is 1. The van der Waals surface area contributed by atoms with Crippen LogP contribution in [-0.4, -0.2) is 59.6 Å². The first kappa shape index (κ1) is 25.7. The van der Waals surface area contributed by atoms with E-state index in [-0.39, 0.29) is 18.4 Å². The molecule has 0 unspecified atom stereocenters. The number of rotatable bonds is 9. The summed E-state index contributed by atoms with van der Waals surface area (Å²) in [5, 5.41) is 16.4. The van der Waals surface area contributed by atoms with Crippen molar-refractivity contribution in [2.24, 2.45) is 5.92 Å². The number of benzene rings is 1. The highest BCUT2D eigenvalue weighted by atomic mass is 16.4. The minimum atomic E-state index is -0.865. The van der Waals surface area contributed by atoms with Crippen LogP contribution in [0.3, 0.4) is 0 Å². The fraction of sp³-hybridized carbons (Fsp3) is 0.567. The third kappa shape index (κ3) is 6.32. The molecule has 2 aromatic rings. The molecular weight excluding hydrogens is 464 g/mol. The fourth-order valence-electron chi connectivity index (χ4n) is 6.28. The second-order valence-electron chi connectivity index (χ2n) is 10.9. The number of carbonyl (C=O) groups is 2. The molecular formula is C30H40N4O3. The molecule has 2 atom stereocenters. The van der Waals surface area contributed by atoms with Crippen LogP contribution >= 0.6 is 0 Å². The molecule has 3 heterocycles. The number of hydrogen-bond acceptors (Lipinski definition) is 5. The summed E-state index contributed by atoms with van der Waals surface area (Å²) < 4.78 is 0. The van der Waals surface area contributed by atoms with E-state index < -0.39 is 11.9 Å². The van der Waals surface area contributed by atoms with Crippen molar-refractivity contribution in [3.05, 3.63) is 58.3 Å². The zero-order valence-corrected chi connectivity index (χ0v) is 21.8. The summed E-state index contributed by atoms with van der Waals surface area (Å²) >= 11 is 0. The number of aromatic nitrogens is 1. The predicted octanol–water partition coefficient (Wildman–Crippen LogP) is 3.95. The van der Waals surface area contributed by atoms with Crippen LogP contribution in [0.5, 0.6) is 0 Å². The van der Waals surface area contributed by atoms with E-state index in [2.05, 4.69) is 33.7 Å². The molecule has 1 fully saturated rings. The second-order valence-corrected chi connectivity index (χ2v) is 10.9. The van der Waals surface area contributed by atoms with Gasteiger partial charge < -0.3 is 20.6 Å². The number of piperidine rings is 1. The van der Waals surface area contributed by atoms with E-state index in [0.717, 1.165) is 101 Å². The van der Waals surface area contributed by atoms with Crippen LogP contribution in [0.25, 0.3) is 0 Å². The molecule has 0 spiro atoms. The number of nitrogens with zero attached hydrogens (tertiary/aromatic N) is 2. The number of aryl methyl sites for hydroxylation is 3. The van der Waals surface area contributed by atoms with E-state index in [1.807, 2.05) is 12.1 Å². The predicted molar refractivity (Wildman–Crippen MR) is 145 cm³/mol. The lowest BCUT2D eigenvalue weighted by Gasteiger charge is -2.32. The fourth-order valence-corrected chi connectivity index (χ4v) is 6.28. The number of nitrogens with one attached hydrogen (secondary N) is 2. The van der Waals surface area contributed by atoms with Crippen molar-refractivity contribution in [3.8, 4) is 0 Å². The first-order valence-electron chi connectivity index (χ1n) is 14.1. The minimum Gasteiger partial charge on any atom is -0.481 e. The number of amides is 1. The van der Waals surface area contributed by atoms with Crippen LogP contribution < -0.4 is 10.6 Å². The van der Waals surface area contributed by atoms with Crippen molar-refractivity contribution in [1.82, 2.24) is 15.2 Å². The highest BCUT2D eigenvalue weighted by Crippen LogP contribution is 2.30. The molecule has 7 nitrogen and oxygen atoms in total. The van der Waals surface area contributed by atoms with Crippen LogP contribution in [0.4, 0.5) is 5.82 Å². The molecule has 1 saturated heterocycles. The number of aliphatic carboxylic acids is 1. The van der Waals surface area contributed by atoms with Crippen molar-refractivity contribution in [2.45, 2.75) is 70.1 Å². The van der Waals surface area contributed by atoms with Gasteiger partial charge in [0.25, 0.3) is 0 Å². The maximum absolute atomic E-state index is 13.1. The van der Waals surface area contributed by atoms with Crippen molar-refractivity contribution in [3.63, 3.8) is 0 Å². The van der Waals surface area contributed by atoms with Gasteiger partial charge in [-0.2, -0.15) is 0 Å². The number of fused-ring (bicyclic) bond motifs is 2. The summed E-state index contributed by atoms with van der Waals surface area (Å²) in [5.74, 6) is -0.609. The van der Waals surface area contributed by atoms with Gasteiger partial charge in [0.1, 0.15) is 5.82 Å². The number of carbonyl (C=O) groups excluding carboxylic acids is 1. The number of carboxylic acid groups (broad SMARTS) is 1. The van der Waals surface area contributed by atoms with Crippen molar-refractivity contribution in [1.29, 1.82) is 0 Å². The van der Waals surface area contributed by atoms with E-state index >= 15 is 0 Å². The lowest BCUT2D eigenvalue weighted by Crippen LogP contribution is -2.44. The Bertz CT molecular complexity index is 1120. The quantitative estimate of drug-likeness (QED) is 0.479. The van der Waals surface area contributed by atoms with Gasteiger partial charge in [0.2, 0.25) is 5.91 Å². The average molecular weight is 505 g/mol. The average Bonchev–Trinajstić information content (AvgIpc) is 2.93. The van der Waals surface area contributed by atoms with E-state index in [1.54, 1.807) is 0 Å². The Balaban J connectivity index is 1.12. The van der Waals surface area contributed by atoms with Crippen LogP contribution in [-0.2, 0) is 35.3 Å². The molecule has 3 aliphatic rings. The molecule has 1 amide bonds. The maximum Gasteiger partial charge on any atom is 0.312 e. The van der Waals surface area contributed by atoms with Gasteiger partial charge in [-0.25, -0.2) is 4.98 Å². The lowest BCUT2D eigenvalue weighted by atomic mass is 9.83. The van der Waals surface area contributed by atoms with Crippen LogP contribution in [0, 0.1) is 5.92 Å². The van der Waals surface area contributed by atoms with E-state index in [0.29, 0.717) is 0 Å². The molecule has 3 N–H and O–H groups in total. The highest BCUT2D eigenvalue weighted by molar-refractivity contribution is 5.81. The van der Waals surface area contributed by atoms with E-state index in [1.165, 1.54) is 23.1 Å². The summed E-state index contributed by atoms with van der Waals surface area (Å²) in [6, 6.07) is 10.4. The first-order chi connectivity index (χ1) is 18.1. The summed E-state index contributed by atoms with van der Waals surface area (Å²) in [7, 11) is 0. The minimum absolute atomic E-state index is 0.0109. The maximum atomic E-state index is 13.1. The molecule has 0 saturated carbocycles. The van der Waals surface area contributed by atoms with Crippen LogP contribution in [0.15, 0.2) is 30.3 Å². The van der Waals surface area contributed by atoms with Gasteiger partial charge in [0.15, 0.2) is 0 Å². The number of likely N-dealkylation sites (tertiary alicyclic amines) is 1. The normalized spacial score (nSPS) is 20.3. The third-order valence-electron chi connectivity index (χ3n) is 8.32. The Kier molecular flexibility index (Phi) is 8.39. The third-order valence-corrected chi connectivity index (χ3v) is 8.32.